The second-order valence-electron chi connectivity index (χ2n) is 5.83. The van der Waals surface area contributed by atoms with Crippen molar-refractivity contribution in [1.82, 2.24) is 5.32 Å². The number of ether oxygens (including phenoxy) is 3. The second-order valence-corrected chi connectivity index (χ2v) is 5.83. The Morgan fingerprint density at radius 3 is 2.31 bits per heavy atom. The molecule has 1 amide bonds. The van der Waals surface area contributed by atoms with Crippen molar-refractivity contribution >= 4 is 5.91 Å². The van der Waals surface area contributed by atoms with E-state index in [4.69, 9.17) is 14.2 Å². The molecule has 0 fully saturated rings. The number of rotatable bonds is 8. The van der Waals surface area contributed by atoms with E-state index in [1.807, 2.05) is 31.2 Å². The number of methoxy groups -OCH3 is 3. The van der Waals surface area contributed by atoms with Crippen LogP contribution in [0.5, 0.6) is 17.2 Å². The lowest BCUT2D eigenvalue weighted by Crippen LogP contribution is -2.26. The van der Waals surface area contributed by atoms with Gasteiger partial charge in [0.15, 0.2) is 11.5 Å². The molecule has 0 aliphatic carbocycles. The molecule has 5 nitrogen and oxygen atoms in total. The van der Waals surface area contributed by atoms with Gasteiger partial charge in [-0.1, -0.05) is 12.1 Å². The summed E-state index contributed by atoms with van der Waals surface area (Å²) in [6.45, 7) is 5.67. The van der Waals surface area contributed by atoms with E-state index >= 15 is 0 Å². The zero-order chi connectivity index (χ0) is 19.1. The minimum absolute atomic E-state index is 0.153. The third-order valence-electron chi connectivity index (χ3n) is 4.16. The molecule has 1 unspecified atom stereocenters. The highest BCUT2D eigenvalue weighted by Gasteiger charge is 2.15. The molecule has 2 aromatic carbocycles. The smallest absolute Gasteiger partial charge is 0.251 e. The van der Waals surface area contributed by atoms with Crippen LogP contribution in [-0.4, -0.2) is 27.2 Å². The number of hydrogen-bond acceptors (Lipinski definition) is 4. The Labute approximate surface area is 154 Å². The van der Waals surface area contributed by atoms with Gasteiger partial charge in [0.25, 0.3) is 5.91 Å². The van der Waals surface area contributed by atoms with Gasteiger partial charge in [0.05, 0.1) is 27.4 Å². The fourth-order valence-electron chi connectivity index (χ4n) is 2.72. The van der Waals surface area contributed by atoms with E-state index in [1.54, 1.807) is 39.5 Å². The molecule has 0 aromatic heterocycles. The standard InChI is InChI=1S/C21H25NO4/c1-6-7-16-12-17(9-10-18(16)24-3)21(23)22-14(2)15-8-11-19(25-4)20(13-15)26-5/h6,8-14H,1,7H2,2-5H3,(H,22,23). The first-order valence-corrected chi connectivity index (χ1v) is 8.34. The van der Waals surface area contributed by atoms with Crippen molar-refractivity contribution in [3.63, 3.8) is 0 Å². The van der Waals surface area contributed by atoms with Crippen LogP contribution in [0.4, 0.5) is 0 Å². The van der Waals surface area contributed by atoms with Gasteiger partial charge in [0.1, 0.15) is 5.75 Å². The minimum atomic E-state index is -0.188. The number of benzene rings is 2. The van der Waals surface area contributed by atoms with Gasteiger partial charge < -0.3 is 19.5 Å². The predicted molar refractivity (Wildman–Crippen MR) is 102 cm³/mol. The molecule has 0 bridgehead atoms. The van der Waals surface area contributed by atoms with Crippen LogP contribution in [0, 0.1) is 0 Å². The topological polar surface area (TPSA) is 56.8 Å². The molecule has 1 N–H and O–H groups in total. The molecule has 0 heterocycles. The second kappa shape index (κ2) is 8.94. The lowest BCUT2D eigenvalue weighted by atomic mass is 10.0. The fraction of sp³-hybridized carbons (Fsp3) is 0.286. The number of nitrogens with one attached hydrogen (secondary N) is 1. The Kier molecular flexibility index (Phi) is 6.67. The lowest BCUT2D eigenvalue weighted by molar-refractivity contribution is 0.0939. The van der Waals surface area contributed by atoms with Crippen molar-refractivity contribution in [2.45, 2.75) is 19.4 Å². The van der Waals surface area contributed by atoms with E-state index in [0.29, 0.717) is 23.5 Å². The fourth-order valence-corrected chi connectivity index (χ4v) is 2.72. The highest BCUT2D eigenvalue weighted by atomic mass is 16.5. The number of carbonyl (C=O) groups is 1. The molecule has 2 rings (SSSR count). The van der Waals surface area contributed by atoms with Crippen molar-refractivity contribution < 1.29 is 19.0 Å². The van der Waals surface area contributed by atoms with E-state index in [2.05, 4.69) is 11.9 Å². The maximum atomic E-state index is 12.6. The number of amides is 1. The van der Waals surface area contributed by atoms with Crippen LogP contribution in [0.25, 0.3) is 0 Å². The summed E-state index contributed by atoms with van der Waals surface area (Å²) < 4.78 is 15.9. The zero-order valence-corrected chi connectivity index (χ0v) is 15.7. The van der Waals surface area contributed by atoms with Gasteiger partial charge in [0, 0.05) is 5.56 Å². The van der Waals surface area contributed by atoms with Gasteiger partial charge in [-0.05, 0) is 54.8 Å². The largest absolute Gasteiger partial charge is 0.496 e. The Bertz CT molecular complexity index is 786. The average molecular weight is 355 g/mol. The number of carbonyl (C=O) groups excluding carboxylic acids is 1. The summed E-state index contributed by atoms with van der Waals surface area (Å²) in [6.07, 6.45) is 2.42. The molecule has 1 atom stereocenters. The summed E-state index contributed by atoms with van der Waals surface area (Å²) in [4.78, 5) is 12.6. The molecule has 0 radical (unpaired) electrons. The van der Waals surface area contributed by atoms with Crippen molar-refractivity contribution in [3.8, 4) is 17.2 Å². The summed E-state index contributed by atoms with van der Waals surface area (Å²) >= 11 is 0. The van der Waals surface area contributed by atoms with Crippen LogP contribution in [0.3, 0.4) is 0 Å². The number of allylic oxidation sites excluding steroid dienone is 1. The quantitative estimate of drug-likeness (QED) is 0.729. The normalized spacial score (nSPS) is 11.4. The molecule has 0 aliphatic rings. The van der Waals surface area contributed by atoms with Crippen molar-refractivity contribution in [1.29, 1.82) is 0 Å². The third-order valence-corrected chi connectivity index (χ3v) is 4.16. The Balaban J connectivity index is 2.18. The van der Waals surface area contributed by atoms with Crippen LogP contribution in [0.2, 0.25) is 0 Å². The number of hydrogen-bond donors (Lipinski definition) is 1. The van der Waals surface area contributed by atoms with Crippen LogP contribution in [0.15, 0.2) is 49.1 Å². The molecular weight excluding hydrogens is 330 g/mol. The van der Waals surface area contributed by atoms with Crippen LogP contribution >= 0.6 is 0 Å². The van der Waals surface area contributed by atoms with E-state index in [1.165, 1.54) is 0 Å². The molecule has 2 aromatic rings. The van der Waals surface area contributed by atoms with Gasteiger partial charge in [0.2, 0.25) is 0 Å². The third kappa shape index (κ3) is 4.36. The van der Waals surface area contributed by atoms with Crippen molar-refractivity contribution in [2.24, 2.45) is 0 Å². The van der Waals surface area contributed by atoms with Crippen LogP contribution in [-0.2, 0) is 6.42 Å². The van der Waals surface area contributed by atoms with Crippen LogP contribution < -0.4 is 19.5 Å². The van der Waals surface area contributed by atoms with E-state index in [9.17, 15) is 4.79 Å². The SMILES string of the molecule is C=CCc1cc(C(=O)NC(C)c2ccc(OC)c(OC)c2)ccc1OC. The van der Waals surface area contributed by atoms with Crippen LogP contribution in [0.1, 0.15) is 34.5 Å². The van der Waals surface area contributed by atoms with Gasteiger partial charge in [-0.2, -0.15) is 0 Å². The highest BCUT2D eigenvalue weighted by Crippen LogP contribution is 2.30. The molecule has 5 heteroatoms. The van der Waals surface area contributed by atoms with Gasteiger partial charge in [-0.3, -0.25) is 4.79 Å². The Morgan fingerprint density at radius 2 is 1.69 bits per heavy atom. The van der Waals surface area contributed by atoms with Crippen molar-refractivity contribution in [2.75, 3.05) is 21.3 Å². The van der Waals surface area contributed by atoms with Gasteiger partial charge in [-0.15, -0.1) is 6.58 Å². The van der Waals surface area contributed by atoms with Crippen molar-refractivity contribution in [3.05, 3.63) is 65.7 Å². The predicted octanol–water partition coefficient (Wildman–Crippen LogP) is 3.93. The lowest BCUT2D eigenvalue weighted by Gasteiger charge is -2.17. The summed E-state index contributed by atoms with van der Waals surface area (Å²) in [5.74, 6) is 1.87. The summed E-state index contributed by atoms with van der Waals surface area (Å²) in [6, 6.07) is 10.8. The van der Waals surface area contributed by atoms with E-state index in [-0.39, 0.29) is 11.9 Å². The molecule has 0 saturated heterocycles. The van der Waals surface area contributed by atoms with Gasteiger partial charge in [-0.25, -0.2) is 0 Å². The van der Waals surface area contributed by atoms with E-state index < -0.39 is 0 Å². The summed E-state index contributed by atoms with van der Waals surface area (Å²) in [5.41, 5.74) is 2.43. The first-order valence-electron chi connectivity index (χ1n) is 8.34. The maximum absolute atomic E-state index is 12.6. The first kappa shape index (κ1) is 19.4. The average Bonchev–Trinajstić information content (AvgIpc) is 2.67. The molecule has 138 valence electrons. The first-order chi connectivity index (χ1) is 12.5. The Hall–Kier alpha value is -2.95. The summed E-state index contributed by atoms with van der Waals surface area (Å²) in [5, 5.41) is 3.01. The zero-order valence-electron chi connectivity index (χ0n) is 15.7. The van der Waals surface area contributed by atoms with Gasteiger partial charge >= 0.3 is 0 Å². The molecule has 26 heavy (non-hydrogen) atoms. The van der Waals surface area contributed by atoms with E-state index in [0.717, 1.165) is 16.9 Å². The molecule has 0 aliphatic heterocycles. The summed E-state index contributed by atoms with van der Waals surface area (Å²) in [7, 11) is 4.79. The monoisotopic (exact) mass is 355 g/mol. The minimum Gasteiger partial charge on any atom is -0.496 e. The maximum Gasteiger partial charge on any atom is 0.251 e. The molecule has 0 spiro atoms. The molecule has 0 saturated carbocycles. The highest BCUT2D eigenvalue weighted by molar-refractivity contribution is 5.94. The molecular formula is C21H25NO4. The Morgan fingerprint density at radius 1 is 1.04 bits per heavy atom.